The number of hydrogen-bond donors (Lipinski definition) is 3. The van der Waals surface area contributed by atoms with Gasteiger partial charge in [-0.25, -0.2) is 22.5 Å². The van der Waals surface area contributed by atoms with Crippen molar-refractivity contribution in [2.75, 3.05) is 37.7 Å². The Hall–Kier alpha value is -4.21. The van der Waals surface area contributed by atoms with Gasteiger partial charge in [-0.3, -0.25) is 4.90 Å². The van der Waals surface area contributed by atoms with Crippen molar-refractivity contribution in [3.8, 4) is 29.6 Å². The zero-order valence-corrected chi connectivity index (χ0v) is 29.5. The topological polar surface area (TPSA) is 115 Å². The number of aryl methyl sites for hydroxylation is 1. The van der Waals surface area contributed by atoms with E-state index in [1.165, 1.54) is 37.6 Å². The predicted octanol–water partition coefficient (Wildman–Crippen LogP) is 7.50. The lowest BCUT2D eigenvalue weighted by Gasteiger charge is -2.46. The summed E-state index contributed by atoms with van der Waals surface area (Å²) in [6.07, 6.45) is 9.68. The molecule has 12 heteroatoms. The second-order valence-electron chi connectivity index (χ2n) is 13.6. The molecule has 0 bridgehead atoms. The van der Waals surface area contributed by atoms with E-state index < -0.39 is 23.1 Å². The van der Waals surface area contributed by atoms with Gasteiger partial charge < -0.3 is 21.5 Å². The van der Waals surface area contributed by atoms with Crippen molar-refractivity contribution >= 4 is 33.2 Å². The van der Waals surface area contributed by atoms with E-state index in [2.05, 4.69) is 40.0 Å². The monoisotopic (exact) mass is 693 g/mol. The van der Waals surface area contributed by atoms with Crippen LogP contribution in [0.15, 0.2) is 24.3 Å². The van der Waals surface area contributed by atoms with Crippen LogP contribution in [0.1, 0.15) is 78.0 Å². The second-order valence-corrected chi connectivity index (χ2v) is 13.6. The number of nitrogens with two attached hydrogens (primary N) is 2. The highest BCUT2D eigenvalue weighted by atomic mass is 19.3. The molecule has 4 aromatic rings. The van der Waals surface area contributed by atoms with Crippen molar-refractivity contribution in [3.05, 3.63) is 47.2 Å². The Balaban J connectivity index is 0.000000424. The average Bonchev–Trinajstić information content (AvgIpc) is 3.23. The number of alkyl halides is 2. The zero-order chi connectivity index (χ0) is 36.4. The normalized spacial score (nSPS) is 20.5. The van der Waals surface area contributed by atoms with Crippen LogP contribution in [0, 0.1) is 29.9 Å². The summed E-state index contributed by atoms with van der Waals surface area (Å²) in [6, 6.07) is 6.48. The largest absolute Gasteiger partial charge is 0.461 e. The number of terminal acetylenes is 1. The first-order valence-electron chi connectivity index (χ1n) is 17.5. The van der Waals surface area contributed by atoms with E-state index in [0.717, 1.165) is 12.0 Å². The standard InChI is InChI=1S/C29H26F4N6O.C7H15N.C2H6/c1-3-5-20-22-25(37-27(38-26(22)35)40-14-28-8-9-39(28)13-29(32,33)12-28)23(31)24(36-20)18-11-16(34)10-15-6-7-19(30)17(4-2)21(15)18;1-6(2)5-7-3-4-8-7;1-2/h2,6-7,10-11H,3,5,8-9,12-14,34H2,1H3,(H2,35,37,38);6-8H,3-5H2,1-2H3;1-2H3. The van der Waals surface area contributed by atoms with Crippen LogP contribution < -0.4 is 21.5 Å². The van der Waals surface area contributed by atoms with Gasteiger partial charge >= 0.3 is 6.01 Å². The van der Waals surface area contributed by atoms with E-state index in [1.54, 1.807) is 11.0 Å². The third-order valence-corrected chi connectivity index (χ3v) is 9.52. The van der Waals surface area contributed by atoms with Crippen molar-refractivity contribution in [1.29, 1.82) is 0 Å². The van der Waals surface area contributed by atoms with Crippen LogP contribution in [-0.2, 0) is 6.42 Å². The lowest BCUT2D eigenvalue weighted by molar-refractivity contribution is -0.0132. The number of pyridine rings is 1. The number of halogens is 4. The molecule has 3 fully saturated rings. The molecular weight excluding hydrogens is 646 g/mol. The number of benzene rings is 2. The minimum atomic E-state index is -2.80. The molecule has 2 aromatic carbocycles. The van der Waals surface area contributed by atoms with Gasteiger partial charge in [0.05, 0.1) is 28.7 Å². The van der Waals surface area contributed by atoms with E-state index >= 15 is 4.39 Å². The van der Waals surface area contributed by atoms with Gasteiger partial charge in [-0.05, 0) is 61.7 Å². The molecule has 0 saturated carbocycles. The summed E-state index contributed by atoms with van der Waals surface area (Å²) in [4.78, 5) is 14.8. The molecule has 3 saturated heterocycles. The Kier molecular flexibility index (Phi) is 11.1. The van der Waals surface area contributed by atoms with Gasteiger partial charge in [0, 0.05) is 35.6 Å². The third kappa shape index (κ3) is 7.30. The minimum absolute atomic E-state index is 0.0465. The molecule has 7 rings (SSSR count). The number of hydrogen-bond acceptors (Lipinski definition) is 8. The summed E-state index contributed by atoms with van der Waals surface area (Å²) in [5.41, 5.74) is 12.2. The molecule has 0 aliphatic carbocycles. The van der Waals surface area contributed by atoms with Crippen molar-refractivity contribution < 1.29 is 22.3 Å². The van der Waals surface area contributed by atoms with Crippen LogP contribution in [0.5, 0.6) is 6.01 Å². The van der Waals surface area contributed by atoms with E-state index in [0.29, 0.717) is 42.6 Å². The molecule has 2 unspecified atom stereocenters. The van der Waals surface area contributed by atoms with Gasteiger partial charge in [-0.15, -0.1) is 6.42 Å². The number of ether oxygens (including phenoxy) is 1. The van der Waals surface area contributed by atoms with Gasteiger partial charge in [-0.1, -0.05) is 53.0 Å². The Morgan fingerprint density at radius 3 is 2.42 bits per heavy atom. The highest BCUT2D eigenvalue weighted by Gasteiger charge is 2.60. The maximum absolute atomic E-state index is 16.4. The molecule has 2 aromatic heterocycles. The van der Waals surface area contributed by atoms with Crippen LogP contribution in [-0.4, -0.2) is 63.6 Å². The summed E-state index contributed by atoms with van der Waals surface area (Å²) in [7, 11) is 0. The van der Waals surface area contributed by atoms with E-state index in [9.17, 15) is 13.2 Å². The number of anilines is 2. The molecule has 5 N–H and O–H groups in total. The van der Waals surface area contributed by atoms with Crippen LogP contribution in [0.2, 0.25) is 0 Å². The summed E-state index contributed by atoms with van der Waals surface area (Å²) in [6.45, 7) is 11.9. The Labute approximate surface area is 291 Å². The number of nitrogen functional groups attached to an aromatic ring is 2. The fraction of sp³-hybridized carbons (Fsp3) is 0.500. The first-order valence-corrected chi connectivity index (χ1v) is 17.5. The maximum atomic E-state index is 16.4. The van der Waals surface area contributed by atoms with Crippen LogP contribution in [0.25, 0.3) is 32.9 Å². The first kappa shape index (κ1) is 37.1. The summed E-state index contributed by atoms with van der Waals surface area (Å²) in [5.74, 6) is -1.11. The quantitative estimate of drug-likeness (QED) is 0.0988. The molecule has 50 heavy (non-hydrogen) atoms. The van der Waals surface area contributed by atoms with Gasteiger partial charge in [0.25, 0.3) is 5.92 Å². The summed E-state index contributed by atoms with van der Waals surface area (Å²) >= 11 is 0. The molecular formula is C38H47F4N7O. The molecule has 0 amide bonds. The van der Waals surface area contributed by atoms with Gasteiger partial charge in [0.1, 0.15) is 29.5 Å². The number of aromatic nitrogens is 3. The number of nitrogens with one attached hydrogen (secondary N) is 1. The highest BCUT2D eigenvalue weighted by Crippen LogP contribution is 2.47. The molecule has 268 valence electrons. The van der Waals surface area contributed by atoms with Gasteiger partial charge in [0.15, 0.2) is 5.82 Å². The van der Waals surface area contributed by atoms with Crippen molar-refractivity contribution in [1.82, 2.24) is 25.2 Å². The van der Waals surface area contributed by atoms with Gasteiger partial charge in [0.2, 0.25) is 0 Å². The summed E-state index contributed by atoms with van der Waals surface area (Å²) in [5, 5.41) is 4.41. The van der Waals surface area contributed by atoms with Crippen molar-refractivity contribution in [2.45, 2.75) is 90.6 Å². The molecule has 0 radical (unpaired) electrons. The van der Waals surface area contributed by atoms with Crippen LogP contribution in [0.4, 0.5) is 29.1 Å². The Morgan fingerprint density at radius 2 is 1.86 bits per heavy atom. The van der Waals surface area contributed by atoms with Crippen LogP contribution >= 0.6 is 0 Å². The lowest BCUT2D eigenvalue weighted by Crippen LogP contribution is -2.59. The SMILES string of the molecule is C#Cc1c(F)ccc2cc(N)cc(-c3nc(CCC)c4c(N)nc(OCC56CCN5CC(F)(F)C6)nc4c3F)c12.CC.CC(C)CC1CCN1. The van der Waals surface area contributed by atoms with E-state index in [1.807, 2.05) is 20.8 Å². The summed E-state index contributed by atoms with van der Waals surface area (Å²) < 4.78 is 65.0. The molecule has 8 nitrogen and oxygen atoms in total. The Bertz CT molecular complexity index is 1910. The number of nitrogens with zero attached hydrogens (tertiary/aromatic N) is 4. The van der Waals surface area contributed by atoms with Crippen molar-refractivity contribution in [2.24, 2.45) is 5.92 Å². The first-order chi connectivity index (χ1) is 23.8. The van der Waals surface area contributed by atoms with E-state index in [-0.39, 0.29) is 64.5 Å². The van der Waals surface area contributed by atoms with E-state index in [4.69, 9.17) is 22.6 Å². The average molecular weight is 694 g/mol. The second kappa shape index (κ2) is 15.0. The van der Waals surface area contributed by atoms with Gasteiger partial charge in [-0.2, -0.15) is 9.97 Å². The molecule has 3 aliphatic heterocycles. The number of fused-ring (bicyclic) bond motifs is 3. The Morgan fingerprint density at radius 1 is 1.12 bits per heavy atom. The lowest BCUT2D eigenvalue weighted by atomic mass is 9.85. The third-order valence-electron chi connectivity index (χ3n) is 9.52. The fourth-order valence-corrected chi connectivity index (χ4v) is 7.09. The molecule has 5 heterocycles. The molecule has 3 aliphatic rings. The minimum Gasteiger partial charge on any atom is -0.461 e. The predicted molar refractivity (Wildman–Crippen MR) is 192 cm³/mol. The maximum Gasteiger partial charge on any atom is 0.319 e. The fourth-order valence-electron chi connectivity index (χ4n) is 7.09. The smallest absolute Gasteiger partial charge is 0.319 e. The zero-order valence-electron chi connectivity index (χ0n) is 29.5. The van der Waals surface area contributed by atoms with Crippen LogP contribution in [0.3, 0.4) is 0 Å². The number of rotatable bonds is 8. The molecule has 2 atom stereocenters. The highest BCUT2D eigenvalue weighted by molar-refractivity contribution is 6.04. The van der Waals surface area contributed by atoms with Crippen molar-refractivity contribution in [3.63, 3.8) is 0 Å². The molecule has 0 spiro atoms.